The van der Waals surface area contributed by atoms with Crippen LogP contribution in [0.15, 0.2) is 23.2 Å². The second-order valence-electron chi connectivity index (χ2n) is 6.53. The number of nitrogens with one attached hydrogen (secondary N) is 3. The summed E-state index contributed by atoms with van der Waals surface area (Å²) in [5.74, 6) is 0.719. The number of halogens is 2. The van der Waals surface area contributed by atoms with Crippen LogP contribution in [0.4, 0.5) is 5.69 Å². The van der Waals surface area contributed by atoms with Crippen molar-refractivity contribution < 1.29 is 9.59 Å². The number of anilines is 1. The van der Waals surface area contributed by atoms with Crippen molar-refractivity contribution in [3.63, 3.8) is 0 Å². The molecule has 0 radical (unpaired) electrons. The third-order valence-corrected chi connectivity index (χ3v) is 5.00. The highest BCUT2D eigenvalue weighted by Crippen LogP contribution is 2.22. The van der Waals surface area contributed by atoms with Crippen LogP contribution in [-0.2, 0) is 9.59 Å². The smallest absolute Gasteiger partial charge is 0.226 e. The van der Waals surface area contributed by atoms with Gasteiger partial charge < -0.3 is 20.9 Å². The van der Waals surface area contributed by atoms with E-state index in [2.05, 4.69) is 20.9 Å². The van der Waals surface area contributed by atoms with Crippen LogP contribution in [0, 0.1) is 6.92 Å². The standard InChI is InChI=1S/C19H28ClN5O2.HI/c1-4-18(27)25-11-9-14(12-25)23-19(21-3)22-10-8-17(26)24-16-7-5-6-15(20)13(16)2;/h5-7,14H,4,8-12H2,1-3H3,(H,24,26)(H2,21,22,23);1H. The first-order chi connectivity index (χ1) is 12.9. The van der Waals surface area contributed by atoms with Gasteiger partial charge in [0.15, 0.2) is 5.96 Å². The highest BCUT2D eigenvalue weighted by atomic mass is 127. The average Bonchev–Trinajstić information content (AvgIpc) is 3.12. The van der Waals surface area contributed by atoms with Gasteiger partial charge in [0.1, 0.15) is 0 Å². The van der Waals surface area contributed by atoms with E-state index >= 15 is 0 Å². The van der Waals surface area contributed by atoms with E-state index in [0.717, 1.165) is 24.2 Å². The van der Waals surface area contributed by atoms with Crippen LogP contribution in [0.2, 0.25) is 5.02 Å². The fraction of sp³-hybridized carbons (Fsp3) is 0.526. The Morgan fingerprint density at radius 3 is 2.79 bits per heavy atom. The lowest BCUT2D eigenvalue weighted by Gasteiger charge is -2.18. The molecule has 28 heavy (non-hydrogen) atoms. The summed E-state index contributed by atoms with van der Waals surface area (Å²) in [7, 11) is 1.69. The molecule has 1 aliphatic heterocycles. The molecule has 1 aromatic rings. The van der Waals surface area contributed by atoms with E-state index < -0.39 is 0 Å². The maximum Gasteiger partial charge on any atom is 0.226 e. The van der Waals surface area contributed by atoms with E-state index in [-0.39, 0.29) is 41.8 Å². The normalized spacial score (nSPS) is 16.4. The van der Waals surface area contributed by atoms with E-state index in [0.29, 0.717) is 36.9 Å². The van der Waals surface area contributed by atoms with Crippen molar-refractivity contribution in [1.82, 2.24) is 15.5 Å². The molecule has 3 N–H and O–H groups in total. The lowest BCUT2D eigenvalue weighted by Crippen LogP contribution is -2.45. The summed E-state index contributed by atoms with van der Waals surface area (Å²) in [5, 5.41) is 9.96. The molecule has 0 bridgehead atoms. The molecule has 1 aliphatic rings. The van der Waals surface area contributed by atoms with Crippen molar-refractivity contribution in [2.75, 3.05) is 32.0 Å². The van der Waals surface area contributed by atoms with Crippen LogP contribution in [0.5, 0.6) is 0 Å². The van der Waals surface area contributed by atoms with E-state index in [4.69, 9.17) is 11.6 Å². The van der Waals surface area contributed by atoms with Crippen LogP contribution in [0.25, 0.3) is 0 Å². The number of amides is 2. The molecule has 2 amide bonds. The molecule has 0 saturated carbocycles. The first-order valence-electron chi connectivity index (χ1n) is 9.24. The largest absolute Gasteiger partial charge is 0.356 e. The van der Waals surface area contributed by atoms with E-state index in [1.165, 1.54) is 0 Å². The van der Waals surface area contributed by atoms with Crippen LogP contribution in [0.1, 0.15) is 31.7 Å². The highest BCUT2D eigenvalue weighted by Gasteiger charge is 2.25. The molecule has 0 aromatic heterocycles. The fourth-order valence-electron chi connectivity index (χ4n) is 2.97. The number of carbonyl (C=O) groups excluding carboxylic acids is 2. The number of carbonyl (C=O) groups is 2. The maximum absolute atomic E-state index is 12.1. The molecule has 2 rings (SSSR count). The Labute approximate surface area is 188 Å². The first-order valence-corrected chi connectivity index (χ1v) is 9.62. The van der Waals surface area contributed by atoms with Gasteiger partial charge in [0.2, 0.25) is 11.8 Å². The van der Waals surface area contributed by atoms with Gasteiger partial charge in [-0.05, 0) is 31.0 Å². The van der Waals surface area contributed by atoms with Gasteiger partial charge in [-0.2, -0.15) is 0 Å². The van der Waals surface area contributed by atoms with Crippen molar-refractivity contribution in [2.24, 2.45) is 4.99 Å². The number of hydrogen-bond acceptors (Lipinski definition) is 3. The Kier molecular flexibility index (Phi) is 10.6. The second kappa shape index (κ2) is 12.1. The Bertz CT molecular complexity index is 714. The predicted octanol–water partition coefficient (Wildman–Crippen LogP) is 2.77. The third kappa shape index (κ3) is 7.12. The molecule has 7 nitrogen and oxygen atoms in total. The molecule has 9 heteroatoms. The number of guanidine groups is 1. The van der Waals surface area contributed by atoms with Gasteiger partial charge in [0, 0.05) is 56.3 Å². The summed E-state index contributed by atoms with van der Waals surface area (Å²) in [6.45, 7) is 5.65. The van der Waals surface area contributed by atoms with Crippen molar-refractivity contribution in [2.45, 2.75) is 39.2 Å². The van der Waals surface area contributed by atoms with E-state index in [1.807, 2.05) is 30.9 Å². The van der Waals surface area contributed by atoms with Crippen molar-refractivity contribution in [3.05, 3.63) is 28.8 Å². The van der Waals surface area contributed by atoms with Gasteiger partial charge in [-0.1, -0.05) is 24.6 Å². The predicted molar refractivity (Wildman–Crippen MR) is 125 cm³/mol. The molecular weight excluding hydrogens is 493 g/mol. The summed E-state index contributed by atoms with van der Waals surface area (Å²) in [4.78, 5) is 30.0. The zero-order chi connectivity index (χ0) is 19.8. The monoisotopic (exact) mass is 521 g/mol. The number of aliphatic imine (C=N–C) groups is 1. The number of hydrogen-bond donors (Lipinski definition) is 3. The Balaban J connectivity index is 0.00000392. The van der Waals surface area contributed by atoms with Gasteiger partial charge in [-0.15, -0.1) is 24.0 Å². The van der Waals surface area contributed by atoms with Gasteiger partial charge in [-0.3, -0.25) is 14.6 Å². The SMILES string of the molecule is CCC(=O)N1CCC(NC(=NC)NCCC(=O)Nc2cccc(Cl)c2C)C1.I. The molecule has 1 aromatic carbocycles. The Morgan fingerprint density at radius 1 is 1.36 bits per heavy atom. The zero-order valence-corrected chi connectivity index (χ0v) is 19.6. The van der Waals surface area contributed by atoms with E-state index in [1.54, 1.807) is 13.1 Å². The summed E-state index contributed by atoms with van der Waals surface area (Å²) >= 11 is 6.07. The van der Waals surface area contributed by atoms with Gasteiger partial charge in [-0.25, -0.2) is 0 Å². The molecule has 0 spiro atoms. The van der Waals surface area contributed by atoms with Crippen molar-refractivity contribution in [3.8, 4) is 0 Å². The summed E-state index contributed by atoms with van der Waals surface area (Å²) in [5.41, 5.74) is 1.58. The number of nitrogens with zero attached hydrogens (tertiary/aromatic N) is 2. The average molecular weight is 522 g/mol. The molecular formula is C19H29ClIN5O2. The molecule has 1 fully saturated rings. The minimum absolute atomic E-state index is 0. The quantitative estimate of drug-likeness (QED) is 0.305. The zero-order valence-electron chi connectivity index (χ0n) is 16.5. The third-order valence-electron chi connectivity index (χ3n) is 4.59. The van der Waals surface area contributed by atoms with Crippen LogP contribution in [-0.4, -0.2) is 55.4 Å². The highest BCUT2D eigenvalue weighted by molar-refractivity contribution is 14.0. The lowest BCUT2D eigenvalue weighted by molar-refractivity contribution is -0.129. The topological polar surface area (TPSA) is 85.8 Å². The summed E-state index contributed by atoms with van der Waals surface area (Å²) < 4.78 is 0. The molecule has 1 unspecified atom stereocenters. The molecule has 156 valence electrons. The Morgan fingerprint density at radius 2 is 2.11 bits per heavy atom. The summed E-state index contributed by atoms with van der Waals surface area (Å²) in [6, 6.07) is 5.61. The van der Waals surface area contributed by atoms with E-state index in [9.17, 15) is 9.59 Å². The molecule has 1 atom stereocenters. The van der Waals surface area contributed by atoms with Crippen LogP contribution in [0.3, 0.4) is 0 Å². The first kappa shape index (κ1) is 24.5. The Hall–Kier alpha value is -1.55. The minimum atomic E-state index is -0.0936. The maximum atomic E-state index is 12.1. The minimum Gasteiger partial charge on any atom is -0.356 e. The molecule has 0 aliphatic carbocycles. The summed E-state index contributed by atoms with van der Waals surface area (Å²) in [6.07, 6.45) is 1.72. The lowest BCUT2D eigenvalue weighted by atomic mass is 10.2. The van der Waals surface area contributed by atoms with Crippen LogP contribution < -0.4 is 16.0 Å². The van der Waals surface area contributed by atoms with Gasteiger partial charge in [0.05, 0.1) is 0 Å². The van der Waals surface area contributed by atoms with Gasteiger partial charge in [0.25, 0.3) is 0 Å². The molecule has 1 heterocycles. The van der Waals surface area contributed by atoms with Gasteiger partial charge >= 0.3 is 0 Å². The molecule has 1 saturated heterocycles. The number of rotatable bonds is 6. The number of likely N-dealkylation sites (tertiary alicyclic amines) is 1. The van der Waals surface area contributed by atoms with Crippen molar-refractivity contribution in [1.29, 1.82) is 0 Å². The second-order valence-corrected chi connectivity index (χ2v) is 6.94. The number of benzene rings is 1. The van der Waals surface area contributed by atoms with Crippen molar-refractivity contribution >= 4 is 59.0 Å². The van der Waals surface area contributed by atoms with Crippen LogP contribution >= 0.6 is 35.6 Å². The fourth-order valence-corrected chi connectivity index (χ4v) is 3.14.